The molecule has 2 unspecified atom stereocenters. The molecule has 1 fully saturated rings. The predicted octanol–water partition coefficient (Wildman–Crippen LogP) is -1.74. The fourth-order valence-electron chi connectivity index (χ4n) is 2.64. The zero-order valence-electron chi connectivity index (χ0n) is 12.4. The highest BCUT2D eigenvalue weighted by molar-refractivity contribution is 7.52. The summed E-state index contributed by atoms with van der Waals surface area (Å²) in [6.45, 7) is 1.36. The Kier molecular flexibility index (Phi) is 5.18. The maximum Gasteiger partial charge on any atom is 0.356 e. The number of hydrogen-bond donors (Lipinski definition) is 7. The lowest BCUT2D eigenvalue weighted by molar-refractivity contribution is -0.361. The molecule has 6 atom stereocenters. The van der Waals surface area contributed by atoms with E-state index in [4.69, 9.17) is 14.5 Å². The fraction of sp³-hybridized carbons (Fsp3) is 0.538. The highest BCUT2D eigenvalue weighted by Gasteiger charge is 2.58. The van der Waals surface area contributed by atoms with Gasteiger partial charge in [-0.3, -0.25) is 4.57 Å². The molecule has 0 aromatic heterocycles. The summed E-state index contributed by atoms with van der Waals surface area (Å²) >= 11 is 0. The smallest absolute Gasteiger partial charge is 0.356 e. The fourth-order valence-corrected chi connectivity index (χ4v) is 3.26. The van der Waals surface area contributed by atoms with Gasteiger partial charge in [-0.25, -0.2) is 4.39 Å². The summed E-state index contributed by atoms with van der Waals surface area (Å²) in [6.07, 6.45) is -8.43. The molecule has 1 heterocycles. The third-order valence-corrected chi connectivity index (χ3v) is 4.92. The molecule has 24 heavy (non-hydrogen) atoms. The van der Waals surface area contributed by atoms with E-state index in [1.807, 2.05) is 0 Å². The Morgan fingerprint density at radius 3 is 2.33 bits per heavy atom. The first-order chi connectivity index (χ1) is 10.9. The Labute approximate surface area is 135 Å². The van der Waals surface area contributed by atoms with Crippen LogP contribution in [0.4, 0.5) is 4.39 Å². The van der Waals surface area contributed by atoms with Gasteiger partial charge in [0.1, 0.15) is 30.2 Å². The van der Waals surface area contributed by atoms with Crippen molar-refractivity contribution in [1.29, 1.82) is 0 Å². The van der Waals surface area contributed by atoms with Gasteiger partial charge in [-0.1, -0.05) is 6.07 Å². The lowest BCUT2D eigenvalue weighted by Crippen LogP contribution is -2.65. The molecule has 1 aliphatic rings. The molecular formula is C13H18FO9P. The summed E-state index contributed by atoms with van der Waals surface area (Å²) in [4.78, 5) is 18.1. The molecule has 2 rings (SSSR count). The molecule has 1 saturated heterocycles. The van der Waals surface area contributed by atoms with E-state index >= 15 is 0 Å². The Morgan fingerprint density at radius 2 is 1.83 bits per heavy atom. The third-order valence-electron chi connectivity index (χ3n) is 3.94. The number of aliphatic hydroxyl groups excluding tert-OH is 4. The lowest BCUT2D eigenvalue weighted by atomic mass is 9.86. The van der Waals surface area contributed by atoms with Gasteiger partial charge in [0.15, 0.2) is 5.85 Å². The molecule has 7 N–H and O–H groups in total. The van der Waals surface area contributed by atoms with Crippen LogP contribution in [-0.4, -0.2) is 65.6 Å². The van der Waals surface area contributed by atoms with E-state index in [0.29, 0.717) is 0 Å². The molecule has 1 aromatic rings. The second-order valence-electron chi connectivity index (χ2n) is 5.67. The first-order valence-corrected chi connectivity index (χ1v) is 8.52. The summed E-state index contributed by atoms with van der Waals surface area (Å²) in [5.41, 5.74) is -0.102. The molecule has 0 spiro atoms. The number of ether oxygens (including phenoxy) is 1. The Morgan fingerprint density at radius 1 is 1.25 bits per heavy atom. The Hall–Kier alpha value is -0.940. The van der Waals surface area contributed by atoms with Gasteiger partial charge >= 0.3 is 7.60 Å². The third kappa shape index (κ3) is 3.25. The van der Waals surface area contributed by atoms with Crippen molar-refractivity contribution in [3.05, 3.63) is 35.1 Å². The largest absolute Gasteiger partial charge is 0.387 e. The molecule has 1 aliphatic heterocycles. The van der Waals surface area contributed by atoms with E-state index in [2.05, 4.69) is 0 Å². The van der Waals surface area contributed by atoms with Crippen LogP contribution in [0.5, 0.6) is 0 Å². The number of rotatable bonds is 3. The van der Waals surface area contributed by atoms with Crippen molar-refractivity contribution >= 4 is 7.60 Å². The molecule has 0 amide bonds. The molecule has 0 bridgehead atoms. The first kappa shape index (κ1) is 19.4. The number of hydrogen-bond acceptors (Lipinski definition) is 7. The number of aryl methyl sites for hydroxylation is 1. The van der Waals surface area contributed by atoms with Crippen molar-refractivity contribution in [2.45, 2.75) is 43.0 Å². The average Bonchev–Trinajstić information content (AvgIpc) is 2.47. The lowest BCUT2D eigenvalue weighted by Gasteiger charge is -2.47. The van der Waals surface area contributed by atoms with E-state index in [9.17, 15) is 34.5 Å². The second-order valence-corrected chi connectivity index (χ2v) is 7.37. The number of benzene rings is 1. The molecule has 136 valence electrons. The van der Waals surface area contributed by atoms with Crippen LogP contribution in [0.25, 0.3) is 0 Å². The monoisotopic (exact) mass is 368 g/mol. The minimum atomic E-state index is -5.17. The molecule has 9 nitrogen and oxygen atoms in total. The van der Waals surface area contributed by atoms with Crippen LogP contribution < -0.4 is 0 Å². The molecule has 0 radical (unpaired) electrons. The Bertz CT molecular complexity index is 665. The molecular weight excluding hydrogens is 350 g/mol. The average molecular weight is 368 g/mol. The van der Waals surface area contributed by atoms with Gasteiger partial charge in [-0.15, -0.1) is 0 Å². The Balaban J connectivity index is 2.50. The van der Waals surface area contributed by atoms with Crippen molar-refractivity contribution in [2.75, 3.05) is 0 Å². The van der Waals surface area contributed by atoms with Crippen LogP contribution in [0.3, 0.4) is 0 Å². The van der Waals surface area contributed by atoms with E-state index in [1.54, 1.807) is 0 Å². The normalized spacial score (nSPS) is 35.7. The molecule has 1 aromatic carbocycles. The van der Waals surface area contributed by atoms with Crippen LogP contribution in [0.1, 0.15) is 11.1 Å². The van der Waals surface area contributed by atoms with Crippen molar-refractivity contribution in [3.8, 4) is 0 Å². The van der Waals surface area contributed by atoms with Crippen molar-refractivity contribution in [2.24, 2.45) is 0 Å². The summed E-state index contributed by atoms with van der Waals surface area (Å²) in [7, 11) is -5.17. The zero-order valence-corrected chi connectivity index (χ0v) is 13.3. The van der Waals surface area contributed by atoms with E-state index < -0.39 is 49.5 Å². The summed E-state index contributed by atoms with van der Waals surface area (Å²) in [6, 6.07) is 2.97. The summed E-state index contributed by atoms with van der Waals surface area (Å²) in [5, 5.41) is 50.1. The van der Waals surface area contributed by atoms with Crippen molar-refractivity contribution < 1.29 is 49.0 Å². The van der Waals surface area contributed by atoms with Gasteiger partial charge in [0.25, 0.3) is 0 Å². The molecule has 0 saturated carbocycles. The van der Waals surface area contributed by atoms with Gasteiger partial charge in [0.05, 0.1) is 0 Å². The second kappa shape index (κ2) is 6.41. The first-order valence-electron chi connectivity index (χ1n) is 6.84. The predicted molar refractivity (Wildman–Crippen MR) is 76.0 cm³/mol. The van der Waals surface area contributed by atoms with Gasteiger partial charge in [-0.2, -0.15) is 0 Å². The minimum Gasteiger partial charge on any atom is -0.387 e. The van der Waals surface area contributed by atoms with E-state index in [0.717, 1.165) is 18.2 Å². The van der Waals surface area contributed by atoms with Crippen LogP contribution in [0.2, 0.25) is 0 Å². The molecule has 11 heteroatoms. The maximum atomic E-state index is 13.2. The maximum absolute atomic E-state index is 13.2. The quantitative estimate of drug-likeness (QED) is 0.306. The van der Waals surface area contributed by atoms with Crippen LogP contribution >= 0.6 is 7.60 Å². The van der Waals surface area contributed by atoms with Crippen LogP contribution in [0.15, 0.2) is 18.2 Å². The zero-order chi connectivity index (χ0) is 18.4. The SMILES string of the molecule is Cc1cc(F)ccc1C1(O)O[C@H](C(O)P(=O)(O)O)[C@@H](O)[C@H](O)[C@@H]1O. The minimum absolute atomic E-state index is 0.101. The van der Waals surface area contributed by atoms with E-state index in [1.165, 1.54) is 6.92 Å². The van der Waals surface area contributed by atoms with Gasteiger partial charge in [0, 0.05) is 5.56 Å². The highest BCUT2D eigenvalue weighted by atomic mass is 31.2. The van der Waals surface area contributed by atoms with E-state index in [-0.39, 0.29) is 11.1 Å². The van der Waals surface area contributed by atoms with Gasteiger partial charge in [-0.05, 0) is 24.6 Å². The standard InChI is InChI=1S/C13H18FO9P/c1-5-4-6(14)2-3-7(5)13(19)11(17)9(16)8(15)10(23-13)12(18)24(20,21)22/h2-4,8-12,15-19H,1H3,(H2,20,21,22)/t8-,9-,10-,11-,12?,13?/m0/s1. The van der Waals surface area contributed by atoms with Crippen LogP contribution in [0, 0.1) is 12.7 Å². The van der Waals surface area contributed by atoms with Gasteiger partial charge in [0.2, 0.25) is 5.79 Å². The number of halogens is 1. The van der Waals surface area contributed by atoms with Crippen molar-refractivity contribution in [1.82, 2.24) is 0 Å². The van der Waals surface area contributed by atoms with Crippen LogP contribution in [-0.2, 0) is 15.1 Å². The van der Waals surface area contributed by atoms with Crippen molar-refractivity contribution in [3.63, 3.8) is 0 Å². The summed E-state index contributed by atoms with van der Waals surface area (Å²) < 4.78 is 29.4. The molecule has 0 aliphatic carbocycles. The topological polar surface area (TPSA) is 168 Å². The number of aliphatic hydroxyl groups is 5. The highest BCUT2D eigenvalue weighted by Crippen LogP contribution is 2.47. The summed E-state index contributed by atoms with van der Waals surface area (Å²) in [5.74, 6) is -5.96. The van der Waals surface area contributed by atoms with Gasteiger partial charge < -0.3 is 40.1 Å².